The average molecular weight is 326 g/mol. The summed E-state index contributed by atoms with van der Waals surface area (Å²) in [6, 6.07) is 11.9. The number of amides is 1. The Kier molecular flexibility index (Phi) is 4.37. The van der Waals surface area contributed by atoms with Crippen LogP contribution in [0.25, 0.3) is 0 Å². The number of benzene rings is 2. The molecule has 2 aromatic rings. The van der Waals surface area contributed by atoms with Gasteiger partial charge in [0.1, 0.15) is 11.8 Å². The number of ether oxygens (including phenoxy) is 2. The van der Waals surface area contributed by atoms with Gasteiger partial charge >= 0.3 is 5.97 Å². The van der Waals surface area contributed by atoms with Crippen molar-refractivity contribution in [2.75, 3.05) is 17.7 Å². The zero-order chi connectivity index (χ0) is 17.1. The molecule has 0 radical (unpaired) electrons. The van der Waals surface area contributed by atoms with Crippen molar-refractivity contribution in [2.45, 2.75) is 19.4 Å². The van der Waals surface area contributed by atoms with Crippen LogP contribution >= 0.6 is 0 Å². The lowest BCUT2D eigenvalue weighted by Gasteiger charge is -2.25. The maximum Gasteiger partial charge on any atom is 0.334 e. The molecule has 0 spiro atoms. The number of carbonyl (C=O) groups is 2. The number of carbonyl (C=O) groups excluding carboxylic acids is 2. The molecule has 3 rings (SSSR count). The second-order valence-electron chi connectivity index (χ2n) is 5.57. The summed E-state index contributed by atoms with van der Waals surface area (Å²) >= 11 is 0. The molecule has 0 saturated carbocycles. The molecule has 1 atom stereocenters. The van der Waals surface area contributed by atoms with E-state index in [1.807, 2.05) is 25.1 Å². The summed E-state index contributed by atoms with van der Waals surface area (Å²) in [5.74, 6) is 0.269. The van der Waals surface area contributed by atoms with Crippen LogP contribution in [0.15, 0.2) is 42.5 Å². The van der Waals surface area contributed by atoms with Gasteiger partial charge in [-0.2, -0.15) is 0 Å². The highest BCUT2D eigenvalue weighted by Crippen LogP contribution is 2.30. The molecule has 0 aromatic heterocycles. The van der Waals surface area contributed by atoms with Gasteiger partial charge in [0.2, 0.25) is 5.91 Å². The number of fused-ring (bicyclic) bond motifs is 1. The number of nitrogens with one attached hydrogen (secondary N) is 2. The van der Waals surface area contributed by atoms with E-state index in [2.05, 4.69) is 10.6 Å². The van der Waals surface area contributed by atoms with Crippen molar-refractivity contribution in [3.8, 4) is 11.5 Å². The SMILES string of the molecule is COc1ccc(C)cc1NC(=O)CC1Nc2ccccc2OC1=O. The molecule has 6 nitrogen and oxygen atoms in total. The minimum atomic E-state index is -0.726. The first-order valence-electron chi connectivity index (χ1n) is 7.58. The summed E-state index contributed by atoms with van der Waals surface area (Å²) in [5.41, 5.74) is 2.27. The predicted octanol–water partition coefficient (Wildman–Crippen LogP) is 2.73. The molecule has 0 bridgehead atoms. The minimum absolute atomic E-state index is 0.0374. The van der Waals surface area contributed by atoms with Gasteiger partial charge < -0.3 is 20.1 Å². The molecule has 0 saturated heterocycles. The largest absolute Gasteiger partial charge is 0.495 e. The molecule has 0 fully saturated rings. The fourth-order valence-electron chi connectivity index (χ4n) is 2.54. The summed E-state index contributed by atoms with van der Waals surface area (Å²) in [6.45, 7) is 1.92. The maximum atomic E-state index is 12.3. The van der Waals surface area contributed by atoms with Crippen LogP contribution in [0, 0.1) is 6.92 Å². The summed E-state index contributed by atoms with van der Waals surface area (Å²) in [4.78, 5) is 24.3. The highest BCUT2D eigenvalue weighted by Gasteiger charge is 2.29. The lowest BCUT2D eigenvalue weighted by molar-refractivity contribution is -0.137. The van der Waals surface area contributed by atoms with Crippen LogP contribution in [0.4, 0.5) is 11.4 Å². The van der Waals surface area contributed by atoms with Crippen LogP contribution in [0.5, 0.6) is 11.5 Å². The van der Waals surface area contributed by atoms with Gasteiger partial charge in [0.15, 0.2) is 5.75 Å². The third-order valence-corrected chi connectivity index (χ3v) is 3.73. The van der Waals surface area contributed by atoms with Gasteiger partial charge in [0.25, 0.3) is 0 Å². The molecule has 1 heterocycles. The van der Waals surface area contributed by atoms with E-state index in [1.165, 1.54) is 7.11 Å². The lowest BCUT2D eigenvalue weighted by Crippen LogP contribution is -2.39. The van der Waals surface area contributed by atoms with Crippen LogP contribution in [-0.2, 0) is 9.59 Å². The minimum Gasteiger partial charge on any atom is -0.495 e. The Balaban J connectivity index is 1.70. The van der Waals surface area contributed by atoms with Crippen molar-refractivity contribution in [1.82, 2.24) is 0 Å². The van der Waals surface area contributed by atoms with Crippen LogP contribution in [0.3, 0.4) is 0 Å². The number of aryl methyl sites for hydroxylation is 1. The van der Waals surface area contributed by atoms with Crippen molar-refractivity contribution < 1.29 is 19.1 Å². The van der Waals surface area contributed by atoms with Gasteiger partial charge in [-0.05, 0) is 36.8 Å². The summed E-state index contributed by atoms with van der Waals surface area (Å²) < 4.78 is 10.5. The van der Waals surface area contributed by atoms with Crippen LogP contribution in [0.2, 0.25) is 0 Å². The number of anilines is 2. The Morgan fingerprint density at radius 1 is 1.29 bits per heavy atom. The van der Waals surface area contributed by atoms with Gasteiger partial charge in [0, 0.05) is 0 Å². The van der Waals surface area contributed by atoms with E-state index < -0.39 is 12.0 Å². The first-order valence-corrected chi connectivity index (χ1v) is 7.58. The van der Waals surface area contributed by atoms with Gasteiger partial charge in [-0.15, -0.1) is 0 Å². The van der Waals surface area contributed by atoms with E-state index >= 15 is 0 Å². The first kappa shape index (κ1) is 15.9. The van der Waals surface area contributed by atoms with E-state index in [0.29, 0.717) is 22.9 Å². The van der Waals surface area contributed by atoms with Gasteiger partial charge in [-0.25, -0.2) is 4.79 Å². The second kappa shape index (κ2) is 6.62. The fraction of sp³-hybridized carbons (Fsp3) is 0.222. The fourth-order valence-corrected chi connectivity index (χ4v) is 2.54. The monoisotopic (exact) mass is 326 g/mol. The molecule has 2 aromatic carbocycles. The highest BCUT2D eigenvalue weighted by molar-refractivity contribution is 5.97. The summed E-state index contributed by atoms with van der Waals surface area (Å²) in [7, 11) is 1.54. The maximum absolute atomic E-state index is 12.3. The van der Waals surface area contributed by atoms with Crippen molar-refractivity contribution in [2.24, 2.45) is 0 Å². The van der Waals surface area contributed by atoms with Crippen molar-refractivity contribution in [3.63, 3.8) is 0 Å². The van der Waals surface area contributed by atoms with Crippen molar-refractivity contribution >= 4 is 23.3 Å². The standard InChI is InChI=1S/C18H18N2O4/c1-11-7-8-15(23-2)13(9-11)20-17(21)10-14-18(22)24-16-6-4-3-5-12(16)19-14/h3-9,14,19H,10H2,1-2H3,(H,20,21). The Hall–Kier alpha value is -3.02. The highest BCUT2D eigenvalue weighted by atomic mass is 16.5. The molecule has 1 aliphatic heterocycles. The third kappa shape index (κ3) is 3.32. The number of para-hydroxylation sites is 2. The number of hydrogen-bond acceptors (Lipinski definition) is 5. The zero-order valence-corrected chi connectivity index (χ0v) is 13.5. The first-order chi connectivity index (χ1) is 11.6. The molecule has 1 amide bonds. The average Bonchev–Trinajstić information content (AvgIpc) is 2.55. The number of methoxy groups -OCH3 is 1. The van der Waals surface area contributed by atoms with Crippen LogP contribution in [-0.4, -0.2) is 25.0 Å². The second-order valence-corrected chi connectivity index (χ2v) is 5.57. The molecule has 1 aliphatic rings. The van der Waals surface area contributed by atoms with Gasteiger partial charge in [0.05, 0.1) is 24.9 Å². The molecule has 124 valence electrons. The Bertz CT molecular complexity index is 788. The number of rotatable bonds is 4. The molecule has 0 aliphatic carbocycles. The molecule has 2 N–H and O–H groups in total. The molecular weight excluding hydrogens is 308 g/mol. The van der Waals surface area contributed by atoms with E-state index in [1.54, 1.807) is 24.3 Å². The molecule has 1 unspecified atom stereocenters. The molecule has 24 heavy (non-hydrogen) atoms. The quantitative estimate of drug-likeness (QED) is 0.667. The normalized spacial score (nSPS) is 15.8. The Morgan fingerprint density at radius 2 is 2.08 bits per heavy atom. The summed E-state index contributed by atoms with van der Waals surface area (Å²) in [5, 5.41) is 5.82. The molecular formula is C18H18N2O4. The van der Waals surface area contributed by atoms with Crippen molar-refractivity contribution in [3.05, 3.63) is 48.0 Å². The van der Waals surface area contributed by atoms with Crippen LogP contribution in [0.1, 0.15) is 12.0 Å². The van der Waals surface area contributed by atoms with Crippen LogP contribution < -0.4 is 20.1 Å². The van der Waals surface area contributed by atoms with E-state index in [4.69, 9.17) is 9.47 Å². The lowest BCUT2D eigenvalue weighted by atomic mass is 10.1. The Labute approximate surface area is 139 Å². The van der Waals surface area contributed by atoms with E-state index in [0.717, 1.165) is 5.56 Å². The van der Waals surface area contributed by atoms with E-state index in [9.17, 15) is 9.59 Å². The summed E-state index contributed by atoms with van der Waals surface area (Å²) in [6.07, 6.45) is -0.0374. The predicted molar refractivity (Wildman–Crippen MR) is 90.5 cm³/mol. The smallest absolute Gasteiger partial charge is 0.334 e. The Morgan fingerprint density at radius 3 is 2.88 bits per heavy atom. The van der Waals surface area contributed by atoms with E-state index in [-0.39, 0.29) is 12.3 Å². The third-order valence-electron chi connectivity index (χ3n) is 3.73. The van der Waals surface area contributed by atoms with Gasteiger partial charge in [-0.1, -0.05) is 18.2 Å². The number of hydrogen-bond donors (Lipinski definition) is 2. The van der Waals surface area contributed by atoms with Gasteiger partial charge in [-0.3, -0.25) is 4.79 Å². The molecule has 6 heteroatoms. The zero-order valence-electron chi connectivity index (χ0n) is 13.5. The van der Waals surface area contributed by atoms with Crippen molar-refractivity contribution in [1.29, 1.82) is 0 Å². The topological polar surface area (TPSA) is 76.7 Å². The number of esters is 1.